The number of benzene rings is 3. The average molecular weight is 421 g/mol. The highest BCUT2D eigenvalue weighted by Crippen LogP contribution is 2.36. The van der Waals surface area contributed by atoms with Gasteiger partial charge in [0.25, 0.3) is 11.8 Å². The molecule has 0 fully saturated rings. The fourth-order valence-corrected chi connectivity index (χ4v) is 3.67. The Balaban J connectivity index is 1.58. The van der Waals surface area contributed by atoms with Gasteiger partial charge in [-0.25, -0.2) is 0 Å². The first-order chi connectivity index (χ1) is 14.5. The van der Waals surface area contributed by atoms with Gasteiger partial charge in [0.05, 0.1) is 16.3 Å². The predicted octanol–water partition coefficient (Wildman–Crippen LogP) is 4.95. The zero-order valence-electron chi connectivity index (χ0n) is 16.5. The summed E-state index contributed by atoms with van der Waals surface area (Å²) < 4.78 is 5.77. The van der Waals surface area contributed by atoms with Gasteiger partial charge in [0.2, 0.25) is 0 Å². The van der Waals surface area contributed by atoms with E-state index in [9.17, 15) is 9.59 Å². The van der Waals surface area contributed by atoms with Crippen LogP contribution in [0.3, 0.4) is 0 Å². The summed E-state index contributed by atoms with van der Waals surface area (Å²) in [4.78, 5) is 27.1. The Morgan fingerprint density at radius 2 is 1.80 bits per heavy atom. The number of rotatable bonds is 5. The Labute approximate surface area is 180 Å². The molecule has 1 unspecified atom stereocenters. The third kappa shape index (κ3) is 4.16. The number of fused-ring (bicyclic) bond motifs is 1. The Morgan fingerprint density at radius 3 is 2.57 bits per heavy atom. The molecule has 1 aliphatic rings. The van der Waals surface area contributed by atoms with Crippen LogP contribution in [0.1, 0.15) is 22.8 Å². The number of anilines is 2. The van der Waals surface area contributed by atoms with Crippen molar-refractivity contribution in [3.8, 4) is 5.75 Å². The van der Waals surface area contributed by atoms with Gasteiger partial charge < -0.3 is 15.0 Å². The van der Waals surface area contributed by atoms with Crippen molar-refractivity contribution < 1.29 is 14.3 Å². The summed E-state index contributed by atoms with van der Waals surface area (Å²) in [5.74, 6) is 0.201. The molecule has 30 heavy (non-hydrogen) atoms. The van der Waals surface area contributed by atoms with Crippen molar-refractivity contribution in [2.75, 3.05) is 16.8 Å². The molecule has 0 aromatic heterocycles. The summed E-state index contributed by atoms with van der Waals surface area (Å²) in [5.41, 5.74) is 2.74. The molecule has 1 N–H and O–H groups in total. The lowest BCUT2D eigenvalue weighted by Gasteiger charge is -2.33. The molecule has 0 radical (unpaired) electrons. The monoisotopic (exact) mass is 420 g/mol. The van der Waals surface area contributed by atoms with Gasteiger partial charge in [-0.2, -0.15) is 0 Å². The average Bonchev–Trinajstić information content (AvgIpc) is 2.75. The molecule has 5 nitrogen and oxygen atoms in total. The third-order valence-electron chi connectivity index (χ3n) is 5.01. The van der Waals surface area contributed by atoms with Crippen molar-refractivity contribution in [2.45, 2.75) is 19.4 Å². The van der Waals surface area contributed by atoms with Gasteiger partial charge in [-0.1, -0.05) is 54.1 Å². The highest BCUT2D eigenvalue weighted by Gasteiger charge is 2.31. The van der Waals surface area contributed by atoms with Crippen LogP contribution in [-0.4, -0.2) is 24.5 Å². The van der Waals surface area contributed by atoms with Gasteiger partial charge in [0.1, 0.15) is 5.75 Å². The first-order valence-corrected chi connectivity index (χ1v) is 10.1. The third-order valence-corrected chi connectivity index (χ3v) is 5.34. The topological polar surface area (TPSA) is 58.6 Å². The van der Waals surface area contributed by atoms with E-state index in [0.29, 0.717) is 34.3 Å². The second kappa shape index (κ2) is 8.59. The van der Waals surface area contributed by atoms with Crippen LogP contribution in [0.5, 0.6) is 5.75 Å². The second-order valence-electron chi connectivity index (χ2n) is 7.10. The van der Waals surface area contributed by atoms with Gasteiger partial charge in [0, 0.05) is 12.2 Å². The number of halogens is 1. The standard InChI is InChI=1S/C24H21ClN2O3/c1-16-24(29)27(14-13-17-7-3-2-4-8-17)21-15-18(11-12-22(21)30-16)26-23(28)19-9-5-6-10-20(19)25/h2-12,15-16H,13-14H2,1H3,(H,26,28). The van der Waals surface area contributed by atoms with E-state index >= 15 is 0 Å². The molecule has 4 rings (SSSR count). The molecule has 1 aliphatic heterocycles. The molecule has 0 saturated heterocycles. The van der Waals surface area contributed by atoms with Crippen LogP contribution in [0.15, 0.2) is 72.8 Å². The lowest BCUT2D eigenvalue weighted by molar-refractivity contribution is -0.125. The highest BCUT2D eigenvalue weighted by atomic mass is 35.5. The van der Waals surface area contributed by atoms with Gasteiger partial charge in [0.15, 0.2) is 6.10 Å². The minimum absolute atomic E-state index is 0.104. The molecule has 3 aromatic carbocycles. The van der Waals surface area contributed by atoms with Gasteiger partial charge in [-0.15, -0.1) is 0 Å². The Morgan fingerprint density at radius 1 is 1.07 bits per heavy atom. The molecular formula is C24H21ClN2O3. The first kappa shape index (κ1) is 20.0. The fourth-order valence-electron chi connectivity index (χ4n) is 3.44. The normalized spacial score (nSPS) is 15.3. The lowest BCUT2D eigenvalue weighted by atomic mass is 10.1. The van der Waals surface area contributed by atoms with Crippen molar-refractivity contribution >= 4 is 34.8 Å². The molecule has 3 aromatic rings. The maximum Gasteiger partial charge on any atom is 0.267 e. The van der Waals surface area contributed by atoms with E-state index in [1.165, 1.54) is 0 Å². The summed E-state index contributed by atoms with van der Waals surface area (Å²) in [6.07, 6.45) is 0.159. The number of hydrogen-bond donors (Lipinski definition) is 1. The Bertz CT molecular complexity index is 1080. The van der Waals surface area contributed by atoms with Crippen molar-refractivity contribution in [1.82, 2.24) is 0 Å². The van der Waals surface area contributed by atoms with Crippen LogP contribution >= 0.6 is 11.6 Å². The highest BCUT2D eigenvalue weighted by molar-refractivity contribution is 6.34. The molecule has 0 spiro atoms. The summed E-state index contributed by atoms with van der Waals surface area (Å²) in [6, 6.07) is 22.2. The van der Waals surface area contributed by atoms with Gasteiger partial charge in [-0.05, 0) is 49.2 Å². The molecule has 6 heteroatoms. The van der Waals surface area contributed by atoms with E-state index in [0.717, 1.165) is 12.0 Å². The van der Waals surface area contributed by atoms with E-state index < -0.39 is 6.10 Å². The summed E-state index contributed by atoms with van der Waals surface area (Å²) in [7, 11) is 0. The lowest BCUT2D eigenvalue weighted by Crippen LogP contribution is -2.45. The van der Waals surface area contributed by atoms with E-state index in [1.54, 1.807) is 54.3 Å². The van der Waals surface area contributed by atoms with Gasteiger partial charge >= 0.3 is 0 Å². The number of nitrogens with one attached hydrogen (secondary N) is 1. The molecule has 2 amide bonds. The number of carbonyl (C=O) groups excluding carboxylic acids is 2. The maximum absolute atomic E-state index is 12.8. The number of hydrogen-bond acceptors (Lipinski definition) is 3. The molecule has 152 valence electrons. The second-order valence-corrected chi connectivity index (χ2v) is 7.51. The molecular weight excluding hydrogens is 400 g/mol. The van der Waals surface area contributed by atoms with E-state index in [-0.39, 0.29) is 11.8 Å². The zero-order chi connectivity index (χ0) is 21.1. The number of ether oxygens (including phenoxy) is 1. The molecule has 0 saturated carbocycles. The van der Waals surface area contributed by atoms with Crippen molar-refractivity contribution in [3.05, 3.63) is 88.9 Å². The molecule has 1 atom stereocenters. The zero-order valence-corrected chi connectivity index (χ0v) is 17.2. The van der Waals surface area contributed by atoms with Crippen LogP contribution in [0.25, 0.3) is 0 Å². The van der Waals surface area contributed by atoms with Crippen LogP contribution < -0.4 is 15.0 Å². The number of amides is 2. The molecule has 0 bridgehead atoms. The van der Waals surface area contributed by atoms with Crippen molar-refractivity contribution in [1.29, 1.82) is 0 Å². The molecule has 1 heterocycles. The van der Waals surface area contributed by atoms with Crippen molar-refractivity contribution in [3.63, 3.8) is 0 Å². The smallest absolute Gasteiger partial charge is 0.267 e. The Hall–Kier alpha value is -3.31. The summed E-state index contributed by atoms with van der Waals surface area (Å²) in [6.45, 7) is 2.26. The van der Waals surface area contributed by atoms with Crippen LogP contribution in [0, 0.1) is 0 Å². The molecule has 0 aliphatic carbocycles. The minimum Gasteiger partial charge on any atom is -0.479 e. The van der Waals surface area contributed by atoms with Crippen LogP contribution in [0.4, 0.5) is 11.4 Å². The fraction of sp³-hybridized carbons (Fsp3) is 0.167. The summed E-state index contributed by atoms with van der Waals surface area (Å²) in [5, 5.41) is 3.23. The SMILES string of the molecule is CC1Oc2ccc(NC(=O)c3ccccc3Cl)cc2N(CCc2ccccc2)C1=O. The quantitative estimate of drug-likeness (QED) is 0.635. The van der Waals surface area contributed by atoms with Gasteiger partial charge in [-0.3, -0.25) is 9.59 Å². The van der Waals surface area contributed by atoms with Crippen molar-refractivity contribution in [2.24, 2.45) is 0 Å². The summed E-state index contributed by atoms with van der Waals surface area (Å²) >= 11 is 6.12. The van der Waals surface area contributed by atoms with E-state index in [1.807, 2.05) is 30.3 Å². The number of carbonyl (C=O) groups is 2. The maximum atomic E-state index is 12.8. The first-order valence-electron chi connectivity index (χ1n) is 9.75. The van der Waals surface area contributed by atoms with E-state index in [4.69, 9.17) is 16.3 Å². The predicted molar refractivity (Wildman–Crippen MR) is 118 cm³/mol. The minimum atomic E-state index is -0.558. The largest absolute Gasteiger partial charge is 0.479 e. The number of nitrogens with zero attached hydrogens (tertiary/aromatic N) is 1. The van der Waals surface area contributed by atoms with Crippen LogP contribution in [-0.2, 0) is 11.2 Å². The van der Waals surface area contributed by atoms with E-state index in [2.05, 4.69) is 5.32 Å². The van der Waals surface area contributed by atoms with Crippen LogP contribution in [0.2, 0.25) is 5.02 Å². The Kier molecular flexibility index (Phi) is 5.72.